The zero-order chi connectivity index (χ0) is 12.0. The van der Waals surface area contributed by atoms with Gasteiger partial charge in [-0.2, -0.15) is 0 Å². The van der Waals surface area contributed by atoms with Crippen LogP contribution < -0.4 is 5.32 Å². The topological polar surface area (TPSA) is 49.3 Å². The van der Waals surface area contributed by atoms with Gasteiger partial charge in [-0.15, -0.1) is 0 Å². The number of nitrogens with one attached hydrogen (secondary N) is 1. The zero-order valence-corrected chi connectivity index (χ0v) is 10.5. The number of carbonyl (C=O) groups excluding carboxylic acids is 1. The van der Waals surface area contributed by atoms with Gasteiger partial charge < -0.3 is 10.4 Å². The first-order chi connectivity index (χ1) is 7.67. The maximum absolute atomic E-state index is 11.6. The van der Waals surface area contributed by atoms with E-state index in [4.69, 9.17) is 0 Å². The predicted molar refractivity (Wildman–Crippen MR) is 65.0 cm³/mol. The summed E-state index contributed by atoms with van der Waals surface area (Å²) in [5, 5.41) is 12.6. The Morgan fingerprint density at radius 2 is 2.06 bits per heavy atom. The van der Waals surface area contributed by atoms with E-state index in [1.165, 1.54) is 0 Å². The van der Waals surface area contributed by atoms with Gasteiger partial charge in [0.2, 0.25) is 5.91 Å². The second-order valence-electron chi connectivity index (χ2n) is 4.95. The number of hydrogen-bond donors (Lipinski definition) is 2. The van der Waals surface area contributed by atoms with Gasteiger partial charge in [0.05, 0.1) is 6.10 Å². The summed E-state index contributed by atoms with van der Waals surface area (Å²) in [6, 6.07) is 0. The third-order valence-corrected chi connectivity index (χ3v) is 3.81. The Labute approximate surface area is 98.6 Å². The molecule has 16 heavy (non-hydrogen) atoms. The molecule has 0 radical (unpaired) electrons. The van der Waals surface area contributed by atoms with Crippen LogP contribution in [0.3, 0.4) is 0 Å². The number of aliphatic hydroxyl groups excluding tert-OH is 1. The lowest BCUT2D eigenvalue weighted by Gasteiger charge is -2.16. The molecule has 1 fully saturated rings. The van der Waals surface area contributed by atoms with Gasteiger partial charge in [0.1, 0.15) is 0 Å². The summed E-state index contributed by atoms with van der Waals surface area (Å²) in [5.74, 6) is 0.937. The molecule has 0 aromatic carbocycles. The van der Waals surface area contributed by atoms with Crippen LogP contribution in [0.25, 0.3) is 0 Å². The summed E-state index contributed by atoms with van der Waals surface area (Å²) in [6.07, 6.45) is 5.60. The lowest BCUT2D eigenvalue weighted by atomic mass is 9.99. The molecule has 0 spiro atoms. The smallest absolute Gasteiger partial charge is 0.220 e. The molecule has 1 aliphatic carbocycles. The highest BCUT2D eigenvalue weighted by molar-refractivity contribution is 5.76. The van der Waals surface area contributed by atoms with Gasteiger partial charge >= 0.3 is 0 Å². The summed E-state index contributed by atoms with van der Waals surface area (Å²) >= 11 is 0. The first-order valence-corrected chi connectivity index (χ1v) is 6.62. The number of aliphatic hydroxyl groups is 1. The highest BCUT2D eigenvalue weighted by atomic mass is 16.3. The standard InChI is InChI=1S/C13H25NO2/c1-3-10(4-2)8-13(16)14-9-11-6-5-7-12(11)15/h10-12,15H,3-9H2,1-2H3,(H,14,16). The van der Waals surface area contributed by atoms with Crippen molar-refractivity contribution in [3.63, 3.8) is 0 Å². The monoisotopic (exact) mass is 227 g/mol. The molecule has 0 bridgehead atoms. The fourth-order valence-electron chi connectivity index (χ4n) is 2.41. The Morgan fingerprint density at radius 1 is 1.38 bits per heavy atom. The molecular weight excluding hydrogens is 202 g/mol. The van der Waals surface area contributed by atoms with Gasteiger partial charge in [-0.3, -0.25) is 4.79 Å². The zero-order valence-electron chi connectivity index (χ0n) is 10.5. The fraction of sp³-hybridized carbons (Fsp3) is 0.923. The summed E-state index contributed by atoms with van der Waals surface area (Å²) in [5.41, 5.74) is 0. The number of rotatable bonds is 6. The third-order valence-electron chi connectivity index (χ3n) is 3.81. The van der Waals surface area contributed by atoms with Crippen molar-refractivity contribution in [1.29, 1.82) is 0 Å². The predicted octanol–water partition coefficient (Wildman–Crippen LogP) is 2.09. The van der Waals surface area contributed by atoms with Gasteiger partial charge in [0, 0.05) is 18.9 Å². The van der Waals surface area contributed by atoms with E-state index in [1.54, 1.807) is 0 Å². The Kier molecular flexibility index (Phi) is 5.81. The first kappa shape index (κ1) is 13.5. The minimum absolute atomic E-state index is 0.146. The molecule has 3 heteroatoms. The van der Waals surface area contributed by atoms with Gasteiger partial charge in [0.15, 0.2) is 0 Å². The van der Waals surface area contributed by atoms with Crippen molar-refractivity contribution in [1.82, 2.24) is 5.32 Å². The van der Waals surface area contributed by atoms with E-state index in [9.17, 15) is 9.90 Å². The van der Waals surface area contributed by atoms with Crippen LogP contribution in [0.2, 0.25) is 0 Å². The van der Waals surface area contributed by atoms with Crippen molar-refractivity contribution in [2.45, 2.75) is 58.5 Å². The molecule has 1 aliphatic rings. The van der Waals surface area contributed by atoms with E-state index in [0.717, 1.165) is 32.1 Å². The lowest BCUT2D eigenvalue weighted by molar-refractivity contribution is -0.122. The molecule has 0 aromatic rings. The lowest BCUT2D eigenvalue weighted by Crippen LogP contribution is -2.33. The normalized spacial score (nSPS) is 25.0. The minimum Gasteiger partial charge on any atom is -0.393 e. The first-order valence-electron chi connectivity index (χ1n) is 6.62. The molecule has 1 amide bonds. The molecule has 0 aromatic heterocycles. The van der Waals surface area contributed by atoms with Crippen molar-refractivity contribution >= 4 is 5.91 Å². The molecule has 2 N–H and O–H groups in total. The highest BCUT2D eigenvalue weighted by Crippen LogP contribution is 2.24. The quantitative estimate of drug-likeness (QED) is 0.730. The SMILES string of the molecule is CCC(CC)CC(=O)NCC1CCCC1O. The van der Waals surface area contributed by atoms with E-state index >= 15 is 0 Å². The Balaban J connectivity index is 2.19. The van der Waals surface area contributed by atoms with Crippen molar-refractivity contribution in [2.24, 2.45) is 11.8 Å². The fourth-order valence-corrected chi connectivity index (χ4v) is 2.41. The third kappa shape index (κ3) is 4.12. The molecule has 1 rings (SSSR count). The molecular formula is C13H25NO2. The Bertz CT molecular complexity index is 214. The van der Waals surface area contributed by atoms with Crippen LogP contribution in [0.5, 0.6) is 0 Å². The van der Waals surface area contributed by atoms with Crippen LogP contribution in [0, 0.1) is 11.8 Å². The van der Waals surface area contributed by atoms with Crippen molar-refractivity contribution in [3.05, 3.63) is 0 Å². The van der Waals surface area contributed by atoms with Crippen molar-refractivity contribution in [3.8, 4) is 0 Å². The van der Waals surface area contributed by atoms with Gasteiger partial charge in [-0.25, -0.2) is 0 Å². The summed E-state index contributed by atoms with van der Waals surface area (Å²) in [6.45, 7) is 4.91. The second kappa shape index (κ2) is 6.89. The van der Waals surface area contributed by atoms with E-state index in [-0.39, 0.29) is 17.9 Å². The molecule has 1 saturated carbocycles. The van der Waals surface area contributed by atoms with Gasteiger partial charge in [0.25, 0.3) is 0 Å². The van der Waals surface area contributed by atoms with E-state index < -0.39 is 0 Å². The van der Waals surface area contributed by atoms with Gasteiger partial charge in [-0.1, -0.05) is 33.1 Å². The maximum atomic E-state index is 11.6. The Morgan fingerprint density at radius 3 is 2.56 bits per heavy atom. The number of carbonyl (C=O) groups is 1. The van der Waals surface area contributed by atoms with Crippen LogP contribution in [-0.2, 0) is 4.79 Å². The van der Waals surface area contributed by atoms with Crippen LogP contribution in [-0.4, -0.2) is 23.7 Å². The molecule has 0 aliphatic heterocycles. The number of amides is 1. The van der Waals surface area contributed by atoms with Crippen LogP contribution in [0.1, 0.15) is 52.4 Å². The number of hydrogen-bond acceptors (Lipinski definition) is 2. The van der Waals surface area contributed by atoms with Crippen molar-refractivity contribution < 1.29 is 9.90 Å². The molecule has 94 valence electrons. The molecule has 3 nitrogen and oxygen atoms in total. The minimum atomic E-state index is -0.201. The molecule has 0 heterocycles. The van der Waals surface area contributed by atoms with Crippen molar-refractivity contribution in [2.75, 3.05) is 6.54 Å². The van der Waals surface area contributed by atoms with Crippen LogP contribution in [0.15, 0.2) is 0 Å². The Hall–Kier alpha value is -0.570. The summed E-state index contributed by atoms with van der Waals surface area (Å²) in [7, 11) is 0. The molecule has 0 saturated heterocycles. The maximum Gasteiger partial charge on any atom is 0.220 e. The molecule has 2 unspecified atom stereocenters. The highest BCUT2D eigenvalue weighted by Gasteiger charge is 2.25. The summed E-state index contributed by atoms with van der Waals surface area (Å²) < 4.78 is 0. The average molecular weight is 227 g/mol. The summed E-state index contributed by atoms with van der Waals surface area (Å²) in [4.78, 5) is 11.6. The van der Waals surface area contributed by atoms with E-state index in [1.807, 2.05) is 0 Å². The largest absolute Gasteiger partial charge is 0.393 e. The second-order valence-corrected chi connectivity index (χ2v) is 4.95. The average Bonchev–Trinajstić information content (AvgIpc) is 2.69. The van der Waals surface area contributed by atoms with Crippen LogP contribution >= 0.6 is 0 Å². The van der Waals surface area contributed by atoms with Crippen LogP contribution in [0.4, 0.5) is 0 Å². The van der Waals surface area contributed by atoms with E-state index in [0.29, 0.717) is 18.9 Å². The molecule has 2 atom stereocenters. The van der Waals surface area contributed by atoms with Gasteiger partial charge in [-0.05, 0) is 18.8 Å². The van der Waals surface area contributed by atoms with E-state index in [2.05, 4.69) is 19.2 Å².